The van der Waals surface area contributed by atoms with Gasteiger partial charge in [-0.1, -0.05) is 30.0 Å². The van der Waals surface area contributed by atoms with E-state index in [9.17, 15) is 14.7 Å². The molecule has 1 amide bonds. The molecule has 0 unspecified atom stereocenters. The molecule has 2 aromatic carbocycles. The summed E-state index contributed by atoms with van der Waals surface area (Å²) >= 11 is 6.57. The summed E-state index contributed by atoms with van der Waals surface area (Å²) in [6, 6.07) is 11.4. The summed E-state index contributed by atoms with van der Waals surface area (Å²) < 4.78 is 10.7. The third kappa shape index (κ3) is 4.60. The van der Waals surface area contributed by atoms with Crippen molar-refractivity contribution in [2.24, 2.45) is 0 Å². The maximum absolute atomic E-state index is 12.9. The smallest absolute Gasteiger partial charge is 0.338 e. The number of ether oxygens (including phenoxy) is 2. The van der Waals surface area contributed by atoms with Crippen molar-refractivity contribution in [3.8, 4) is 11.5 Å². The highest BCUT2D eigenvalue weighted by atomic mass is 32.2. The van der Waals surface area contributed by atoms with Gasteiger partial charge in [-0.2, -0.15) is 0 Å². The number of thiocarbonyl (C=S) groups is 1. The Morgan fingerprint density at radius 2 is 1.90 bits per heavy atom. The molecular weight excluding hydrogens is 410 g/mol. The molecule has 0 aliphatic carbocycles. The fourth-order valence-corrected chi connectivity index (χ4v) is 3.99. The standard InChI is InChI=1S/C21H19NO5S2/c1-3-26-17-11-13(5-10-16(17)23)12-18-19(24)22(21(28)29-18)15-8-6-14(7-9-15)20(25)27-4-2/h5-12,23H,3-4H2,1-2H3/b18-12-. The quantitative estimate of drug-likeness (QED) is 0.415. The Labute approximate surface area is 178 Å². The highest BCUT2D eigenvalue weighted by Gasteiger charge is 2.33. The zero-order chi connectivity index (χ0) is 21.0. The Hall–Kier alpha value is -2.84. The number of thioether (sulfide) groups is 1. The minimum absolute atomic E-state index is 0.0400. The summed E-state index contributed by atoms with van der Waals surface area (Å²) in [7, 11) is 0. The van der Waals surface area contributed by atoms with Crippen molar-refractivity contribution in [3.63, 3.8) is 0 Å². The Balaban J connectivity index is 1.83. The summed E-state index contributed by atoms with van der Waals surface area (Å²) in [5.41, 5.74) is 1.69. The zero-order valence-corrected chi connectivity index (χ0v) is 17.5. The lowest BCUT2D eigenvalue weighted by molar-refractivity contribution is -0.113. The van der Waals surface area contributed by atoms with Gasteiger partial charge in [0.2, 0.25) is 0 Å². The monoisotopic (exact) mass is 429 g/mol. The van der Waals surface area contributed by atoms with Gasteiger partial charge in [-0.15, -0.1) is 0 Å². The largest absolute Gasteiger partial charge is 0.504 e. The van der Waals surface area contributed by atoms with E-state index in [-0.39, 0.29) is 11.7 Å². The molecule has 1 heterocycles. The topological polar surface area (TPSA) is 76.1 Å². The number of amides is 1. The fourth-order valence-electron chi connectivity index (χ4n) is 2.69. The second kappa shape index (κ2) is 9.11. The third-order valence-corrected chi connectivity index (χ3v) is 5.31. The first kappa shape index (κ1) is 20.9. The number of carbonyl (C=O) groups excluding carboxylic acids is 2. The number of nitrogens with zero attached hydrogens (tertiary/aromatic N) is 1. The molecule has 1 aliphatic heterocycles. The molecule has 6 nitrogen and oxygen atoms in total. The van der Waals surface area contributed by atoms with Crippen LogP contribution in [0, 0.1) is 0 Å². The molecule has 1 aliphatic rings. The van der Waals surface area contributed by atoms with Crippen LogP contribution in [-0.2, 0) is 9.53 Å². The number of phenolic OH excluding ortho intramolecular Hbond substituents is 1. The van der Waals surface area contributed by atoms with Crippen molar-refractivity contribution in [2.45, 2.75) is 13.8 Å². The molecule has 1 fully saturated rings. The van der Waals surface area contributed by atoms with Crippen LogP contribution in [0.4, 0.5) is 5.69 Å². The Kier molecular flexibility index (Phi) is 6.56. The van der Waals surface area contributed by atoms with Crippen LogP contribution in [0.5, 0.6) is 11.5 Å². The van der Waals surface area contributed by atoms with Crippen molar-refractivity contribution < 1.29 is 24.2 Å². The molecule has 2 aromatic rings. The molecule has 0 atom stereocenters. The van der Waals surface area contributed by atoms with Crippen molar-refractivity contribution in [3.05, 3.63) is 58.5 Å². The van der Waals surface area contributed by atoms with Gasteiger partial charge >= 0.3 is 5.97 Å². The lowest BCUT2D eigenvalue weighted by Crippen LogP contribution is -2.27. The van der Waals surface area contributed by atoms with E-state index in [2.05, 4.69) is 0 Å². The van der Waals surface area contributed by atoms with E-state index in [4.69, 9.17) is 21.7 Å². The summed E-state index contributed by atoms with van der Waals surface area (Å²) in [5, 5.41) is 9.83. The van der Waals surface area contributed by atoms with E-state index in [0.717, 1.165) is 0 Å². The van der Waals surface area contributed by atoms with Gasteiger partial charge in [0.25, 0.3) is 5.91 Å². The average Bonchev–Trinajstić information content (AvgIpc) is 2.98. The average molecular weight is 430 g/mol. The number of benzene rings is 2. The summed E-state index contributed by atoms with van der Waals surface area (Å²) in [4.78, 5) is 26.6. The Morgan fingerprint density at radius 3 is 2.55 bits per heavy atom. The minimum Gasteiger partial charge on any atom is -0.504 e. The van der Waals surface area contributed by atoms with Crippen LogP contribution >= 0.6 is 24.0 Å². The van der Waals surface area contributed by atoms with Crippen LogP contribution in [0.1, 0.15) is 29.8 Å². The second-order valence-electron chi connectivity index (χ2n) is 5.94. The SMILES string of the molecule is CCOC(=O)c1ccc(N2C(=O)/C(=C/c3ccc(O)c(OCC)c3)SC2=S)cc1. The molecule has 0 bridgehead atoms. The fraction of sp³-hybridized carbons (Fsp3) is 0.190. The van der Waals surface area contributed by atoms with Gasteiger partial charge in [0.1, 0.15) is 0 Å². The summed E-state index contributed by atoms with van der Waals surface area (Å²) in [6.07, 6.45) is 1.70. The van der Waals surface area contributed by atoms with E-state index < -0.39 is 5.97 Å². The van der Waals surface area contributed by atoms with E-state index >= 15 is 0 Å². The molecule has 0 aromatic heterocycles. The van der Waals surface area contributed by atoms with Gasteiger partial charge in [-0.05, 0) is 61.9 Å². The van der Waals surface area contributed by atoms with Crippen molar-refractivity contribution >= 4 is 51.9 Å². The molecule has 0 radical (unpaired) electrons. The number of hydrogen-bond acceptors (Lipinski definition) is 7. The normalized spacial score (nSPS) is 15.1. The predicted octanol–water partition coefficient (Wildman–Crippen LogP) is 4.37. The van der Waals surface area contributed by atoms with Crippen molar-refractivity contribution in [2.75, 3.05) is 18.1 Å². The molecule has 0 spiro atoms. The Morgan fingerprint density at radius 1 is 1.17 bits per heavy atom. The van der Waals surface area contributed by atoms with Gasteiger partial charge in [-0.25, -0.2) is 4.79 Å². The molecule has 0 saturated carbocycles. The van der Waals surface area contributed by atoms with Crippen molar-refractivity contribution in [1.82, 2.24) is 0 Å². The van der Waals surface area contributed by atoms with Gasteiger partial charge in [0.15, 0.2) is 15.8 Å². The number of phenols is 1. The van der Waals surface area contributed by atoms with E-state index in [1.165, 1.54) is 22.7 Å². The number of anilines is 1. The van der Waals surface area contributed by atoms with Crippen LogP contribution in [-0.4, -0.2) is 34.5 Å². The van der Waals surface area contributed by atoms with Crippen LogP contribution in [0.3, 0.4) is 0 Å². The summed E-state index contributed by atoms with van der Waals surface area (Å²) in [6.45, 7) is 4.28. The number of hydrogen-bond donors (Lipinski definition) is 1. The molecular formula is C21H19NO5S2. The van der Waals surface area contributed by atoms with E-state index in [1.54, 1.807) is 49.4 Å². The van der Waals surface area contributed by atoms with Crippen LogP contribution in [0.15, 0.2) is 47.4 Å². The minimum atomic E-state index is -0.415. The number of carbonyl (C=O) groups is 2. The molecule has 1 saturated heterocycles. The maximum atomic E-state index is 12.9. The highest BCUT2D eigenvalue weighted by molar-refractivity contribution is 8.27. The zero-order valence-electron chi connectivity index (χ0n) is 15.9. The molecule has 150 valence electrons. The predicted molar refractivity (Wildman–Crippen MR) is 117 cm³/mol. The highest BCUT2D eigenvalue weighted by Crippen LogP contribution is 2.37. The van der Waals surface area contributed by atoms with Crippen LogP contribution in [0.2, 0.25) is 0 Å². The van der Waals surface area contributed by atoms with Gasteiger partial charge in [0.05, 0.1) is 29.4 Å². The van der Waals surface area contributed by atoms with Gasteiger partial charge < -0.3 is 14.6 Å². The lowest BCUT2D eigenvalue weighted by atomic mass is 10.1. The Bertz CT molecular complexity index is 985. The number of aromatic hydroxyl groups is 1. The third-order valence-electron chi connectivity index (χ3n) is 4.01. The van der Waals surface area contributed by atoms with Gasteiger partial charge in [0, 0.05) is 0 Å². The lowest BCUT2D eigenvalue weighted by Gasteiger charge is -2.14. The van der Waals surface area contributed by atoms with Crippen LogP contribution < -0.4 is 9.64 Å². The van der Waals surface area contributed by atoms with Gasteiger partial charge in [-0.3, -0.25) is 9.69 Å². The second-order valence-corrected chi connectivity index (χ2v) is 7.62. The first-order valence-corrected chi connectivity index (χ1v) is 10.2. The van der Waals surface area contributed by atoms with Crippen molar-refractivity contribution in [1.29, 1.82) is 0 Å². The van der Waals surface area contributed by atoms with E-state index in [0.29, 0.717) is 45.0 Å². The number of rotatable bonds is 6. The molecule has 3 rings (SSSR count). The van der Waals surface area contributed by atoms with Crippen LogP contribution in [0.25, 0.3) is 6.08 Å². The molecule has 1 N–H and O–H groups in total. The number of esters is 1. The maximum Gasteiger partial charge on any atom is 0.338 e. The summed E-state index contributed by atoms with van der Waals surface area (Å²) in [5.74, 6) is -0.277. The first-order valence-electron chi connectivity index (χ1n) is 8.95. The van der Waals surface area contributed by atoms with E-state index in [1.807, 2.05) is 6.92 Å². The first-order chi connectivity index (χ1) is 13.9. The molecule has 8 heteroatoms. The molecule has 29 heavy (non-hydrogen) atoms.